The molecule has 0 saturated carbocycles. The zero-order valence-corrected chi connectivity index (χ0v) is 9.39. The summed E-state index contributed by atoms with van der Waals surface area (Å²) in [7, 11) is 0. The normalized spacial score (nSPS) is 20.9. The van der Waals surface area contributed by atoms with Gasteiger partial charge < -0.3 is 14.8 Å². The predicted octanol–water partition coefficient (Wildman–Crippen LogP) is 0.629. The summed E-state index contributed by atoms with van der Waals surface area (Å²) in [5.41, 5.74) is 1.21. The second kappa shape index (κ2) is 6.58. The second-order valence-electron chi connectivity index (χ2n) is 3.88. The number of nitrogens with one attached hydrogen (secondary N) is 1. The van der Waals surface area contributed by atoms with Gasteiger partial charge in [-0.25, -0.2) is 0 Å². The molecule has 0 aromatic carbocycles. The van der Waals surface area contributed by atoms with Crippen LogP contribution in [-0.2, 0) is 15.9 Å². The summed E-state index contributed by atoms with van der Waals surface area (Å²) < 4.78 is 11.1. The van der Waals surface area contributed by atoms with E-state index in [9.17, 15) is 0 Å². The zero-order chi connectivity index (χ0) is 11.1. The van der Waals surface area contributed by atoms with Gasteiger partial charge in [0.1, 0.15) is 0 Å². The maximum Gasteiger partial charge on any atom is 0.0933 e. The predicted molar refractivity (Wildman–Crippen MR) is 61.4 cm³/mol. The third-order valence-corrected chi connectivity index (χ3v) is 2.57. The molecule has 1 unspecified atom stereocenters. The molecule has 1 atom stereocenters. The number of morpholine rings is 1. The Balaban J connectivity index is 1.58. The van der Waals surface area contributed by atoms with Gasteiger partial charge in [0.25, 0.3) is 0 Å². The van der Waals surface area contributed by atoms with Crippen LogP contribution in [0.15, 0.2) is 24.5 Å². The van der Waals surface area contributed by atoms with Gasteiger partial charge in [-0.05, 0) is 18.1 Å². The standard InChI is InChI=1S/C12H18N2O2/c1-2-11(8-13-4-1)3-6-15-10-12-9-14-5-7-16-12/h1-2,4,8,12,14H,3,5-7,9-10H2. The maximum absolute atomic E-state index is 5.58. The van der Waals surface area contributed by atoms with Gasteiger partial charge in [-0.2, -0.15) is 0 Å². The molecule has 0 radical (unpaired) electrons. The van der Waals surface area contributed by atoms with Crippen molar-refractivity contribution in [3.8, 4) is 0 Å². The van der Waals surface area contributed by atoms with Crippen LogP contribution < -0.4 is 5.32 Å². The fourth-order valence-electron chi connectivity index (χ4n) is 1.68. The molecule has 1 saturated heterocycles. The molecule has 1 fully saturated rings. The molecule has 1 N–H and O–H groups in total. The SMILES string of the molecule is c1cncc(CCOCC2CNCCO2)c1. The van der Waals surface area contributed by atoms with Crippen LogP contribution in [0.1, 0.15) is 5.56 Å². The molecular formula is C12H18N2O2. The molecule has 1 aromatic rings. The average Bonchev–Trinajstić information content (AvgIpc) is 2.37. The molecule has 2 rings (SSSR count). The van der Waals surface area contributed by atoms with E-state index < -0.39 is 0 Å². The van der Waals surface area contributed by atoms with E-state index in [-0.39, 0.29) is 6.10 Å². The van der Waals surface area contributed by atoms with E-state index in [2.05, 4.69) is 16.4 Å². The number of aromatic nitrogens is 1. The van der Waals surface area contributed by atoms with Crippen LogP contribution in [0.3, 0.4) is 0 Å². The van der Waals surface area contributed by atoms with E-state index in [1.165, 1.54) is 5.56 Å². The van der Waals surface area contributed by atoms with Crippen LogP contribution in [0.25, 0.3) is 0 Å². The van der Waals surface area contributed by atoms with Gasteiger partial charge in [-0.1, -0.05) is 6.07 Å². The van der Waals surface area contributed by atoms with Gasteiger partial charge in [-0.3, -0.25) is 4.98 Å². The van der Waals surface area contributed by atoms with Gasteiger partial charge in [0.05, 0.1) is 25.9 Å². The highest BCUT2D eigenvalue weighted by Crippen LogP contribution is 2.00. The quantitative estimate of drug-likeness (QED) is 0.742. The van der Waals surface area contributed by atoms with Crippen molar-refractivity contribution < 1.29 is 9.47 Å². The zero-order valence-electron chi connectivity index (χ0n) is 9.39. The minimum Gasteiger partial charge on any atom is -0.378 e. The molecule has 4 nitrogen and oxygen atoms in total. The lowest BCUT2D eigenvalue weighted by molar-refractivity contribution is -0.0307. The molecule has 0 aliphatic carbocycles. The van der Waals surface area contributed by atoms with Crippen molar-refractivity contribution in [2.24, 2.45) is 0 Å². The van der Waals surface area contributed by atoms with Crippen molar-refractivity contribution in [2.45, 2.75) is 12.5 Å². The van der Waals surface area contributed by atoms with Crippen molar-refractivity contribution in [2.75, 3.05) is 32.9 Å². The van der Waals surface area contributed by atoms with E-state index >= 15 is 0 Å². The fraction of sp³-hybridized carbons (Fsp3) is 0.583. The van der Waals surface area contributed by atoms with Crippen LogP contribution in [0.2, 0.25) is 0 Å². The van der Waals surface area contributed by atoms with Gasteiger partial charge in [0, 0.05) is 25.5 Å². The van der Waals surface area contributed by atoms with Crippen LogP contribution in [0, 0.1) is 0 Å². The molecule has 1 aliphatic heterocycles. The largest absolute Gasteiger partial charge is 0.378 e. The highest BCUT2D eigenvalue weighted by atomic mass is 16.5. The Morgan fingerprint density at radius 1 is 1.56 bits per heavy atom. The van der Waals surface area contributed by atoms with Crippen LogP contribution in [0.5, 0.6) is 0 Å². The summed E-state index contributed by atoms with van der Waals surface area (Å²) in [5.74, 6) is 0. The summed E-state index contributed by atoms with van der Waals surface area (Å²) in [4.78, 5) is 4.06. The van der Waals surface area contributed by atoms with Gasteiger partial charge >= 0.3 is 0 Å². The van der Waals surface area contributed by atoms with Crippen molar-refractivity contribution in [3.63, 3.8) is 0 Å². The maximum atomic E-state index is 5.58. The topological polar surface area (TPSA) is 43.4 Å². The Morgan fingerprint density at radius 3 is 3.31 bits per heavy atom. The first-order valence-electron chi connectivity index (χ1n) is 5.74. The van der Waals surface area contributed by atoms with E-state index in [1.807, 2.05) is 12.3 Å². The molecule has 0 spiro atoms. The highest BCUT2D eigenvalue weighted by molar-refractivity contribution is 5.08. The summed E-state index contributed by atoms with van der Waals surface area (Å²) in [6.07, 6.45) is 4.78. The van der Waals surface area contributed by atoms with Crippen LogP contribution in [-0.4, -0.2) is 44.0 Å². The molecule has 4 heteroatoms. The third kappa shape index (κ3) is 3.89. The Hall–Kier alpha value is -0.970. The number of rotatable bonds is 5. The summed E-state index contributed by atoms with van der Waals surface area (Å²) in [6.45, 7) is 4.04. The smallest absolute Gasteiger partial charge is 0.0933 e. The number of pyridine rings is 1. The van der Waals surface area contributed by atoms with Gasteiger partial charge in [0.15, 0.2) is 0 Å². The highest BCUT2D eigenvalue weighted by Gasteiger charge is 2.12. The first-order chi connectivity index (χ1) is 7.95. The summed E-state index contributed by atoms with van der Waals surface area (Å²) in [6, 6.07) is 4.01. The van der Waals surface area contributed by atoms with Crippen molar-refractivity contribution >= 4 is 0 Å². The monoisotopic (exact) mass is 222 g/mol. The summed E-state index contributed by atoms with van der Waals surface area (Å²) in [5, 5.41) is 3.28. The van der Waals surface area contributed by atoms with Crippen LogP contribution >= 0.6 is 0 Å². The Morgan fingerprint density at radius 2 is 2.56 bits per heavy atom. The Labute approximate surface area is 96.0 Å². The van der Waals surface area contributed by atoms with E-state index in [0.717, 1.165) is 32.7 Å². The number of hydrogen-bond donors (Lipinski definition) is 1. The Bertz CT molecular complexity index is 286. The minimum absolute atomic E-state index is 0.211. The number of nitrogens with zero attached hydrogens (tertiary/aromatic N) is 1. The minimum atomic E-state index is 0.211. The molecule has 2 heterocycles. The second-order valence-corrected chi connectivity index (χ2v) is 3.88. The van der Waals surface area contributed by atoms with Gasteiger partial charge in [-0.15, -0.1) is 0 Å². The van der Waals surface area contributed by atoms with E-state index in [1.54, 1.807) is 6.20 Å². The third-order valence-electron chi connectivity index (χ3n) is 2.57. The van der Waals surface area contributed by atoms with Crippen molar-refractivity contribution in [1.82, 2.24) is 10.3 Å². The molecule has 16 heavy (non-hydrogen) atoms. The van der Waals surface area contributed by atoms with Crippen LogP contribution in [0.4, 0.5) is 0 Å². The lowest BCUT2D eigenvalue weighted by atomic mass is 10.2. The fourth-order valence-corrected chi connectivity index (χ4v) is 1.68. The molecule has 1 aromatic heterocycles. The van der Waals surface area contributed by atoms with E-state index in [0.29, 0.717) is 6.61 Å². The molecular weight excluding hydrogens is 204 g/mol. The lowest BCUT2D eigenvalue weighted by Gasteiger charge is -2.23. The number of ether oxygens (including phenoxy) is 2. The molecule has 0 amide bonds. The van der Waals surface area contributed by atoms with Crippen molar-refractivity contribution in [1.29, 1.82) is 0 Å². The molecule has 1 aliphatic rings. The molecule has 0 bridgehead atoms. The van der Waals surface area contributed by atoms with Gasteiger partial charge in [0.2, 0.25) is 0 Å². The van der Waals surface area contributed by atoms with Crippen molar-refractivity contribution in [3.05, 3.63) is 30.1 Å². The Kier molecular flexibility index (Phi) is 4.73. The van der Waals surface area contributed by atoms with E-state index in [4.69, 9.17) is 9.47 Å². The average molecular weight is 222 g/mol. The lowest BCUT2D eigenvalue weighted by Crippen LogP contribution is -2.41. The summed E-state index contributed by atoms with van der Waals surface area (Å²) >= 11 is 0. The molecule has 88 valence electrons. The first-order valence-corrected chi connectivity index (χ1v) is 5.74. The first kappa shape index (κ1) is 11.5. The number of hydrogen-bond acceptors (Lipinski definition) is 4.